The van der Waals surface area contributed by atoms with Gasteiger partial charge in [-0.1, -0.05) is 19.9 Å². The van der Waals surface area contributed by atoms with Gasteiger partial charge in [0.25, 0.3) is 0 Å². The van der Waals surface area contributed by atoms with Crippen molar-refractivity contribution >= 4 is 27.3 Å². The molecule has 0 spiro atoms. The highest BCUT2D eigenvalue weighted by Gasteiger charge is 2.29. The lowest BCUT2D eigenvalue weighted by molar-refractivity contribution is -0.123. The van der Waals surface area contributed by atoms with Crippen molar-refractivity contribution in [2.75, 3.05) is 19.8 Å². The van der Waals surface area contributed by atoms with Crippen LogP contribution in [0.15, 0.2) is 40.6 Å². The van der Waals surface area contributed by atoms with Crippen LogP contribution >= 0.6 is 11.3 Å². The van der Waals surface area contributed by atoms with E-state index in [2.05, 4.69) is 10.0 Å². The Kier molecular flexibility index (Phi) is 7.15. The van der Waals surface area contributed by atoms with Crippen LogP contribution in [0.5, 0.6) is 11.5 Å². The van der Waals surface area contributed by atoms with Gasteiger partial charge < -0.3 is 14.8 Å². The van der Waals surface area contributed by atoms with Crippen LogP contribution in [0.25, 0.3) is 0 Å². The Bertz CT molecular complexity index is 926. The van der Waals surface area contributed by atoms with Crippen LogP contribution in [0.3, 0.4) is 0 Å². The minimum Gasteiger partial charge on any atom is -0.490 e. The fourth-order valence-corrected chi connectivity index (χ4v) is 4.98. The van der Waals surface area contributed by atoms with Crippen LogP contribution in [0, 0.1) is 5.92 Å². The van der Waals surface area contributed by atoms with E-state index in [9.17, 15) is 13.2 Å². The zero-order valence-electron chi connectivity index (χ0n) is 16.5. The molecule has 1 aliphatic heterocycles. The molecule has 2 heterocycles. The number of carbonyl (C=O) groups excluding carboxylic acids is 1. The second kappa shape index (κ2) is 9.60. The fourth-order valence-electron chi connectivity index (χ4n) is 2.91. The number of ether oxygens (including phenoxy) is 2. The zero-order valence-corrected chi connectivity index (χ0v) is 18.1. The average Bonchev–Trinajstić information content (AvgIpc) is 3.08. The average molecular weight is 439 g/mol. The Hall–Kier alpha value is -2.10. The van der Waals surface area contributed by atoms with E-state index in [1.54, 1.807) is 31.3 Å². The third-order valence-corrected chi connectivity index (χ3v) is 6.89. The van der Waals surface area contributed by atoms with E-state index < -0.39 is 16.1 Å². The second-order valence-electron chi connectivity index (χ2n) is 7.12. The van der Waals surface area contributed by atoms with E-state index in [4.69, 9.17) is 9.47 Å². The van der Waals surface area contributed by atoms with Gasteiger partial charge in [0, 0.05) is 23.9 Å². The molecule has 1 atom stereocenters. The van der Waals surface area contributed by atoms with Crippen molar-refractivity contribution < 1.29 is 22.7 Å². The number of hydrogen-bond donors (Lipinski definition) is 2. The van der Waals surface area contributed by atoms with Gasteiger partial charge in [-0.3, -0.25) is 4.79 Å². The van der Waals surface area contributed by atoms with Gasteiger partial charge >= 0.3 is 0 Å². The highest BCUT2D eigenvalue weighted by Crippen LogP contribution is 2.32. The number of fused-ring (bicyclic) bond motifs is 1. The van der Waals surface area contributed by atoms with Gasteiger partial charge in [-0.2, -0.15) is 4.72 Å². The summed E-state index contributed by atoms with van der Waals surface area (Å²) in [6, 6.07) is 7.57. The monoisotopic (exact) mass is 438 g/mol. The molecule has 9 heteroatoms. The van der Waals surface area contributed by atoms with E-state index in [1.807, 2.05) is 17.5 Å². The predicted molar refractivity (Wildman–Crippen MR) is 112 cm³/mol. The number of carbonyl (C=O) groups is 1. The molecule has 2 aromatic rings. The molecule has 1 amide bonds. The van der Waals surface area contributed by atoms with E-state index in [1.165, 1.54) is 17.0 Å². The van der Waals surface area contributed by atoms with Crippen molar-refractivity contribution in [2.24, 2.45) is 5.92 Å². The van der Waals surface area contributed by atoms with E-state index in [0.717, 1.165) is 6.42 Å². The molecule has 1 aromatic carbocycles. The minimum absolute atomic E-state index is 0.0405. The molecule has 0 unspecified atom stereocenters. The zero-order chi connectivity index (χ0) is 20.9. The Balaban J connectivity index is 1.68. The van der Waals surface area contributed by atoms with Gasteiger partial charge in [0.15, 0.2) is 11.5 Å². The van der Waals surface area contributed by atoms with Gasteiger partial charge in [-0.25, -0.2) is 8.42 Å². The maximum Gasteiger partial charge on any atom is 0.241 e. The number of nitrogens with one attached hydrogen (secondary N) is 2. The smallest absolute Gasteiger partial charge is 0.241 e. The first-order chi connectivity index (χ1) is 13.9. The highest BCUT2D eigenvalue weighted by molar-refractivity contribution is 7.89. The number of amides is 1. The molecular formula is C20H26N2O5S2. The van der Waals surface area contributed by atoms with Crippen molar-refractivity contribution in [3.05, 3.63) is 40.6 Å². The quantitative estimate of drug-likeness (QED) is 0.661. The molecule has 0 saturated carbocycles. The second-order valence-corrected chi connectivity index (χ2v) is 9.87. The summed E-state index contributed by atoms with van der Waals surface area (Å²) in [7, 11) is -3.91. The van der Waals surface area contributed by atoms with Gasteiger partial charge in [-0.15, -0.1) is 11.3 Å². The molecule has 3 rings (SSSR count). The standard InChI is InChI=1S/C20H26N2O5S2/c1-14(2)19(20(23)21-9-8-15-5-3-12-28-15)22-29(24,25)16-6-7-17-18(13-16)27-11-4-10-26-17/h3,5-7,12-14,19,22H,4,8-11H2,1-2H3,(H,21,23)/t19-/m1/s1. The Morgan fingerprint density at radius 1 is 1.17 bits per heavy atom. The lowest BCUT2D eigenvalue weighted by atomic mass is 10.1. The third kappa shape index (κ3) is 5.71. The molecule has 1 aromatic heterocycles. The SMILES string of the molecule is CC(C)[C@@H](NS(=O)(=O)c1ccc2c(c1)OCCCO2)C(=O)NCCc1cccs1. The maximum absolute atomic E-state index is 12.9. The maximum atomic E-state index is 12.9. The molecular weight excluding hydrogens is 412 g/mol. The summed E-state index contributed by atoms with van der Waals surface area (Å²) in [4.78, 5) is 13.8. The van der Waals surface area contributed by atoms with Gasteiger partial charge in [0.1, 0.15) is 6.04 Å². The topological polar surface area (TPSA) is 93.7 Å². The first-order valence-corrected chi connectivity index (χ1v) is 11.9. The normalized spacial score (nSPS) is 15.0. The first-order valence-electron chi connectivity index (χ1n) is 9.59. The third-order valence-electron chi connectivity index (χ3n) is 4.51. The van der Waals surface area contributed by atoms with Gasteiger partial charge in [0.2, 0.25) is 15.9 Å². The molecule has 0 fully saturated rings. The molecule has 7 nitrogen and oxygen atoms in total. The summed E-state index contributed by atoms with van der Waals surface area (Å²) in [5, 5.41) is 4.81. The number of rotatable bonds is 8. The molecule has 0 aliphatic carbocycles. The van der Waals surface area contributed by atoms with Crippen LogP contribution in [0.1, 0.15) is 25.1 Å². The summed E-state index contributed by atoms with van der Waals surface area (Å²) in [5.74, 6) is 0.362. The summed E-state index contributed by atoms with van der Waals surface area (Å²) >= 11 is 1.62. The van der Waals surface area contributed by atoms with Crippen molar-refractivity contribution in [2.45, 2.75) is 37.6 Å². The molecule has 1 aliphatic rings. The summed E-state index contributed by atoms with van der Waals surface area (Å²) < 4.78 is 39.5. The van der Waals surface area contributed by atoms with Gasteiger partial charge in [-0.05, 0) is 35.9 Å². The summed E-state index contributed by atoms with van der Waals surface area (Å²) in [5.41, 5.74) is 0. The largest absolute Gasteiger partial charge is 0.490 e. The Morgan fingerprint density at radius 3 is 2.62 bits per heavy atom. The molecule has 158 valence electrons. The summed E-state index contributed by atoms with van der Waals surface area (Å²) in [6.45, 7) is 5.05. The Morgan fingerprint density at radius 2 is 1.93 bits per heavy atom. The van der Waals surface area contributed by atoms with Crippen LogP contribution in [-0.2, 0) is 21.2 Å². The molecule has 0 radical (unpaired) electrons. The molecule has 0 saturated heterocycles. The lowest BCUT2D eigenvalue weighted by Gasteiger charge is -2.22. The summed E-state index contributed by atoms with van der Waals surface area (Å²) in [6.07, 6.45) is 1.44. The fraction of sp³-hybridized carbons (Fsp3) is 0.450. The van der Waals surface area contributed by atoms with Gasteiger partial charge in [0.05, 0.1) is 18.1 Å². The molecule has 2 N–H and O–H groups in total. The van der Waals surface area contributed by atoms with Crippen molar-refractivity contribution in [1.29, 1.82) is 0 Å². The minimum atomic E-state index is -3.91. The van der Waals surface area contributed by atoms with Crippen LogP contribution in [-0.4, -0.2) is 40.1 Å². The van der Waals surface area contributed by atoms with Crippen molar-refractivity contribution in [3.8, 4) is 11.5 Å². The lowest BCUT2D eigenvalue weighted by Crippen LogP contribution is -2.49. The number of hydrogen-bond acceptors (Lipinski definition) is 6. The van der Waals surface area contributed by atoms with E-state index >= 15 is 0 Å². The number of sulfonamides is 1. The van der Waals surface area contributed by atoms with Crippen LogP contribution in [0.4, 0.5) is 0 Å². The van der Waals surface area contributed by atoms with Crippen molar-refractivity contribution in [1.82, 2.24) is 10.0 Å². The van der Waals surface area contributed by atoms with Crippen LogP contribution < -0.4 is 19.5 Å². The van der Waals surface area contributed by atoms with E-state index in [0.29, 0.717) is 37.7 Å². The number of benzene rings is 1. The predicted octanol–water partition coefficient (Wildman–Crippen LogP) is 2.57. The molecule has 29 heavy (non-hydrogen) atoms. The van der Waals surface area contributed by atoms with Crippen LogP contribution in [0.2, 0.25) is 0 Å². The van der Waals surface area contributed by atoms with Crippen molar-refractivity contribution in [3.63, 3.8) is 0 Å². The molecule has 0 bridgehead atoms. The van der Waals surface area contributed by atoms with E-state index in [-0.39, 0.29) is 16.7 Å². The Labute approximate surface area is 175 Å². The number of thiophene rings is 1. The first kappa shape index (κ1) is 21.6. The highest BCUT2D eigenvalue weighted by atomic mass is 32.2.